The summed E-state index contributed by atoms with van der Waals surface area (Å²) in [7, 11) is 0. The second-order valence-corrected chi connectivity index (χ2v) is 11.5. The van der Waals surface area contributed by atoms with E-state index in [1.807, 2.05) is 6.92 Å². The van der Waals surface area contributed by atoms with Crippen LogP contribution in [0, 0.1) is 11.6 Å². The van der Waals surface area contributed by atoms with Crippen LogP contribution in [0.1, 0.15) is 18.7 Å². The number of fused-ring (bicyclic) bond motifs is 2. The molecule has 0 bridgehead atoms. The average molecular weight is 654 g/mol. The Morgan fingerprint density at radius 3 is 2.72 bits per heavy atom. The van der Waals surface area contributed by atoms with E-state index in [0.29, 0.717) is 45.8 Å². The third kappa shape index (κ3) is 5.58. The first-order valence-corrected chi connectivity index (χ1v) is 15.1. The highest BCUT2D eigenvalue weighted by atomic mass is 32.1. The molecule has 1 atom stereocenters. The number of halogens is 4. The molecule has 5 heterocycles. The molecule has 0 spiro atoms. The zero-order valence-corrected chi connectivity index (χ0v) is 25.2. The third-order valence-electron chi connectivity index (χ3n) is 7.78. The molecule has 1 aromatic carbocycles. The number of aromatic nitrogens is 4. The lowest BCUT2D eigenvalue weighted by Crippen LogP contribution is -2.40. The zero-order valence-electron chi connectivity index (χ0n) is 24.4. The molecule has 0 saturated heterocycles. The van der Waals surface area contributed by atoms with Crippen molar-refractivity contribution in [3.8, 4) is 39.5 Å². The number of pyridine rings is 2. The molecule has 46 heavy (non-hydrogen) atoms. The fourth-order valence-electron chi connectivity index (χ4n) is 5.72. The highest BCUT2D eigenvalue weighted by Crippen LogP contribution is 2.47. The van der Waals surface area contributed by atoms with E-state index in [4.69, 9.17) is 14.8 Å². The number of amides is 1. The van der Waals surface area contributed by atoms with Crippen LogP contribution in [0.5, 0.6) is 5.75 Å². The van der Waals surface area contributed by atoms with Gasteiger partial charge in [-0.1, -0.05) is 6.58 Å². The van der Waals surface area contributed by atoms with Crippen molar-refractivity contribution in [3.63, 3.8) is 0 Å². The van der Waals surface area contributed by atoms with E-state index in [9.17, 15) is 27.9 Å². The van der Waals surface area contributed by atoms with Crippen LogP contribution in [0.2, 0.25) is 0 Å². The Hall–Kier alpha value is -4.82. The molecule has 1 N–H and O–H groups in total. The Kier molecular flexibility index (Phi) is 8.49. The molecule has 0 aliphatic carbocycles. The van der Waals surface area contributed by atoms with Gasteiger partial charge in [-0.2, -0.15) is 5.10 Å². The highest BCUT2D eigenvalue weighted by molar-refractivity contribution is 7.18. The molecule has 1 aliphatic rings. The van der Waals surface area contributed by atoms with Crippen molar-refractivity contribution < 1.29 is 32.2 Å². The van der Waals surface area contributed by atoms with Gasteiger partial charge in [-0.15, -0.1) is 11.3 Å². The fraction of sp³-hybridized carbons (Fsp3) is 0.250. The van der Waals surface area contributed by atoms with Gasteiger partial charge in [0.1, 0.15) is 35.4 Å². The van der Waals surface area contributed by atoms with Crippen LogP contribution in [0.15, 0.2) is 65.4 Å². The molecule has 0 fully saturated rings. The summed E-state index contributed by atoms with van der Waals surface area (Å²) in [5.74, 6) is -2.24. The molecule has 9 nitrogen and oxygen atoms in total. The van der Waals surface area contributed by atoms with Gasteiger partial charge in [-0.3, -0.25) is 14.3 Å². The van der Waals surface area contributed by atoms with Gasteiger partial charge in [0, 0.05) is 52.2 Å². The minimum absolute atomic E-state index is 0.110. The lowest BCUT2D eigenvalue weighted by Gasteiger charge is -2.33. The Bertz CT molecular complexity index is 2040. The first-order chi connectivity index (χ1) is 22.1. The predicted molar refractivity (Wildman–Crippen MR) is 165 cm³/mol. The van der Waals surface area contributed by atoms with Crippen molar-refractivity contribution in [2.45, 2.75) is 32.5 Å². The monoisotopic (exact) mass is 653 g/mol. The second-order valence-electron chi connectivity index (χ2n) is 10.6. The molecule has 0 unspecified atom stereocenters. The Labute approximate surface area is 263 Å². The molecule has 0 radical (unpaired) electrons. The Morgan fingerprint density at radius 1 is 1.17 bits per heavy atom. The number of aliphatic hydroxyl groups is 1. The molecule has 5 aromatic rings. The predicted octanol–water partition coefficient (Wildman–Crippen LogP) is 5.66. The topological polar surface area (TPSA) is 102 Å². The SMILES string of the molecule is C=CC(=O)N1CCn2nc(-c3nc(-c4ccc(=O)n(CC(F)F)c4)c4ccsc4c3-c3c(F)cc(F)cc3OCCO)cc2[C@H]1C. The zero-order chi connectivity index (χ0) is 32.7. The Balaban J connectivity index is 1.65. The number of carbonyl (C=O) groups excluding carboxylic acids is 1. The average Bonchev–Trinajstić information content (AvgIpc) is 3.69. The van der Waals surface area contributed by atoms with Crippen LogP contribution >= 0.6 is 11.3 Å². The molecule has 6 rings (SSSR count). The van der Waals surface area contributed by atoms with Crippen LogP contribution in [0.4, 0.5) is 17.6 Å². The summed E-state index contributed by atoms with van der Waals surface area (Å²) >= 11 is 1.24. The van der Waals surface area contributed by atoms with E-state index in [-0.39, 0.29) is 35.1 Å². The second kappa shape index (κ2) is 12.5. The third-order valence-corrected chi connectivity index (χ3v) is 8.71. The molecule has 238 valence electrons. The van der Waals surface area contributed by atoms with Crippen molar-refractivity contribution in [1.82, 2.24) is 24.2 Å². The van der Waals surface area contributed by atoms with Crippen molar-refractivity contribution in [2.24, 2.45) is 0 Å². The number of carbonyl (C=O) groups is 1. The van der Waals surface area contributed by atoms with Crippen molar-refractivity contribution in [3.05, 3.63) is 88.3 Å². The summed E-state index contributed by atoms with van der Waals surface area (Å²) < 4.78 is 65.7. The number of rotatable bonds is 9. The van der Waals surface area contributed by atoms with Gasteiger partial charge in [-0.05, 0) is 36.6 Å². The van der Waals surface area contributed by atoms with E-state index >= 15 is 4.39 Å². The summed E-state index contributed by atoms with van der Waals surface area (Å²) in [6, 6.07) is 7.46. The van der Waals surface area contributed by atoms with Crippen LogP contribution in [0.3, 0.4) is 0 Å². The first kappa shape index (κ1) is 31.2. The molecule has 4 aromatic heterocycles. The van der Waals surface area contributed by atoms with Gasteiger partial charge in [-0.25, -0.2) is 22.5 Å². The van der Waals surface area contributed by atoms with Crippen LogP contribution in [-0.2, 0) is 17.9 Å². The maximum atomic E-state index is 15.9. The highest BCUT2D eigenvalue weighted by Gasteiger charge is 2.31. The minimum Gasteiger partial charge on any atom is -0.490 e. The molecular formula is C32H27F4N5O4S. The van der Waals surface area contributed by atoms with Crippen molar-refractivity contribution in [2.75, 3.05) is 19.8 Å². The maximum Gasteiger partial charge on any atom is 0.256 e. The van der Waals surface area contributed by atoms with E-state index < -0.39 is 42.8 Å². The smallest absolute Gasteiger partial charge is 0.256 e. The van der Waals surface area contributed by atoms with E-state index in [0.717, 1.165) is 16.7 Å². The van der Waals surface area contributed by atoms with Gasteiger partial charge < -0.3 is 19.3 Å². The van der Waals surface area contributed by atoms with Gasteiger partial charge in [0.05, 0.1) is 42.7 Å². The quantitative estimate of drug-likeness (QED) is 0.163. The van der Waals surface area contributed by atoms with E-state index in [2.05, 4.69) is 6.58 Å². The van der Waals surface area contributed by atoms with Gasteiger partial charge in [0.25, 0.3) is 12.0 Å². The van der Waals surface area contributed by atoms with E-state index in [1.54, 1.807) is 27.1 Å². The Morgan fingerprint density at radius 2 is 1.98 bits per heavy atom. The van der Waals surface area contributed by atoms with Gasteiger partial charge in [0.15, 0.2) is 0 Å². The van der Waals surface area contributed by atoms with Crippen LogP contribution in [0.25, 0.3) is 43.9 Å². The minimum atomic E-state index is -2.77. The summed E-state index contributed by atoms with van der Waals surface area (Å²) in [6.07, 6.45) is -0.242. The van der Waals surface area contributed by atoms with Crippen LogP contribution < -0.4 is 10.3 Å². The van der Waals surface area contributed by atoms with Crippen molar-refractivity contribution >= 4 is 27.3 Å². The lowest BCUT2D eigenvalue weighted by atomic mass is 9.96. The summed E-state index contributed by atoms with van der Waals surface area (Å²) in [5, 5.41) is 16.4. The normalized spacial score (nSPS) is 14.6. The number of hydrogen-bond acceptors (Lipinski definition) is 7. The molecular weight excluding hydrogens is 626 g/mol. The van der Waals surface area contributed by atoms with E-state index in [1.165, 1.54) is 35.7 Å². The van der Waals surface area contributed by atoms with Gasteiger partial charge in [0.2, 0.25) is 5.91 Å². The number of hydrogen-bond donors (Lipinski definition) is 1. The lowest BCUT2D eigenvalue weighted by molar-refractivity contribution is -0.129. The number of benzene rings is 1. The standard InChI is InChI=1S/C32H27F4N5O4S/c1-3-26(43)40-7-8-41-23(17(40)2)14-22(38-41)31-29(28-21(34)12-19(33)13-24(28)45-10-9-42)32-20(6-11-46-32)30(37-31)18-4-5-27(44)39(15-18)16-25(35)36/h3-6,11-15,17,25,42H,1,7-10,16H2,2H3/t17-/m1/s1. The number of thiophene rings is 1. The largest absolute Gasteiger partial charge is 0.490 e. The summed E-state index contributed by atoms with van der Waals surface area (Å²) in [5.41, 5.74) is 1.35. The number of ether oxygens (including phenoxy) is 1. The molecule has 0 saturated carbocycles. The summed E-state index contributed by atoms with van der Waals surface area (Å²) in [6.45, 7) is 4.69. The first-order valence-electron chi connectivity index (χ1n) is 14.3. The van der Waals surface area contributed by atoms with Crippen molar-refractivity contribution in [1.29, 1.82) is 0 Å². The van der Waals surface area contributed by atoms with Gasteiger partial charge >= 0.3 is 0 Å². The molecule has 1 aliphatic heterocycles. The number of nitrogens with zero attached hydrogens (tertiary/aromatic N) is 5. The van der Waals surface area contributed by atoms with Crippen LogP contribution in [-0.4, -0.2) is 61.4 Å². The molecule has 14 heteroatoms. The number of aliphatic hydroxyl groups excluding tert-OH is 1. The fourth-order valence-corrected chi connectivity index (χ4v) is 6.67. The molecule has 1 amide bonds. The maximum absolute atomic E-state index is 15.9. The number of alkyl halides is 2. The summed E-state index contributed by atoms with van der Waals surface area (Å²) in [4.78, 5) is 31.5.